The third-order valence-electron chi connectivity index (χ3n) is 2.98. The van der Waals surface area contributed by atoms with Crippen LogP contribution in [0.15, 0.2) is 22.1 Å². The fourth-order valence-corrected chi connectivity index (χ4v) is 2.56. The molecule has 0 saturated carbocycles. The van der Waals surface area contributed by atoms with Crippen LogP contribution < -0.4 is 5.43 Å². The van der Waals surface area contributed by atoms with Gasteiger partial charge in [0.1, 0.15) is 5.01 Å². The van der Waals surface area contributed by atoms with Gasteiger partial charge in [0, 0.05) is 17.3 Å². The molecule has 0 aliphatic heterocycles. The van der Waals surface area contributed by atoms with Crippen LogP contribution in [0.2, 0.25) is 0 Å². The first-order chi connectivity index (χ1) is 9.97. The minimum atomic E-state index is -0.113. The standard InChI is InChI=1S/C16H25N3OS/c1-12(2)6-5-7-13(3)8-9-17-19-15(20)10-16-18-14(4)11-21-16/h6,9,11,13H,5,7-8,10H2,1-4H3,(H,19,20)/b17-9-/t13-/m1/s1. The second-order valence-electron chi connectivity index (χ2n) is 5.61. The Morgan fingerprint density at radius 1 is 1.52 bits per heavy atom. The van der Waals surface area contributed by atoms with Gasteiger partial charge >= 0.3 is 0 Å². The van der Waals surface area contributed by atoms with E-state index in [4.69, 9.17) is 0 Å². The molecule has 0 bridgehead atoms. The van der Waals surface area contributed by atoms with E-state index in [1.807, 2.05) is 12.3 Å². The molecule has 0 aromatic carbocycles. The summed E-state index contributed by atoms with van der Waals surface area (Å²) in [6, 6.07) is 0. The molecule has 1 N–H and O–H groups in total. The van der Waals surface area contributed by atoms with Crippen LogP contribution in [0.25, 0.3) is 0 Å². The first-order valence-electron chi connectivity index (χ1n) is 7.32. The maximum absolute atomic E-state index is 11.6. The summed E-state index contributed by atoms with van der Waals surface area (Å²) >= 11 is 1.50. The highest BCUT2D eigenvalue weighted by atomic mass is 32.1. The lowest BCUT2D eigenvalue weighted by molar-refractivity contribution is -0.120. The highest BCUT2D eigenvalue weighted by molar-refractivity contribution is 7.09. The third-order valence-corrected chi connectivity index (χ3v) is 3.95. The first-order valence-corrected chi connectivity index (χ1v) is 8.20. The Hall–Kier alpha value is -1.49. The molecule has 0 radical (unpaired) electrons. The number of nitrogens with one attached hydrogen (secondary N) is 1. The minimum Gasteiger partial charge on any atom is -0.273 e. The molecule has 1 amide bonds. The molecule has 21 heavy (non-hydrogen) atoms. The zero-order valence-electron chi connectivity index (χ0n) is 13.3. The van der Waals surface area contributed by atoms with Crippen molar-refractivity contribution in [2.45, 2.75) is 53.4 Å². The van der Waals surface area contributed by atoms with E-state index < -0.39 is 0 Å². The maximum atomic E-state index is 11.6. The number of hydrogen-bond acceptors (Lipinski definition) is 4. The summed E-state index contributed by atoms with van der Waals surface area (Å²) in [7, 11) is 0. The van der Waals surface area contributed by atoms with Crippen molar-refractivity contribution in [3.05, 3.63) is 27.7 Å². The molecular weight excluding hydrogens is 282 g/mol. The second-order valence-corrected chi connectivity index (χ2v) is 6.55. The number of hydrazone groups is 1. The molecule has 1 heterocycles. The summed E-state index contributed by atoms with van der Waals surface area (Å²) in [6.45, 7) is 8.36. The molecule has 4 nitrogen and oxygen atoms in total. The number of allylic oxidation sites excluding steroid dienone is 2. The van der Waals surface area contributed by atoms with Crippen molar-refractivity contribution >= 4 is 23.5 Å². The summed E-state index contributed by atoms with van der Waals surface area (Å²) in [5.41, 5.74) is 4.87. The van der Waals surface area contributed by atoms with Crippen LogP contribution in [-0.4, -0.2) is 17.1 Å². The van der Waals surface area contributed by atoms with Gasteiger partial charge in [-0.25, -0.2) is 10.4 Å². The minimum absolute atomic E-state index is 0.113. The van der Waals surface area contributed by atoms with Gasteiger partial charge in [0.2, 0.25) is 5.91 Å². The summed E-state index contributed by atoms with van der Waals surface area (Å²) in [6.07, 6.45) is 7.47. The van der Waals surface area contributed by atoms with Crippen molar-refractivity contribution in [2.75, 3.05) is 0 Å². The van der Waals surface area contributed by atoms with E-state index in [9.17, 15) is 4.79 Å². The number of rotatable bonds is 8. The number of hydrogen-bond donors (Lipinski definition) is 1. The van der Waals surface area contributed by atoms with E-state index in [-0.39, 0.29) is 5.91 Å². The molecular formula is C16H25N3OS. The Kier molecular flexibility index (Phi) is 7.90. The van der Waals surface area contributed by atoms with Gasteiger partial charge in [0.05, 0.1) is 6.42 Å². The van der Waals surface area contributed by atoms with E-state index >= 15 is 0 Å². The Morgan fingerprint density at radius 2 is 2.29 bits per heavy atom. The van der Waals surface area contributed by atoms with Crippen LogP contribution in [0.1, 0.15) is 50.7 Å². The fourth-order valence-electron chi connectivity index (χ4n) is 1.79. The lowest BCUT2D eigenvalue weighted by Gasteiger charge is -2.05. The third kappa shape index (κ3) is 8.40. The summed E-state index contributed by atoms with van der Waals surface area (Å²) in [4.78, 5) is 15.9. The van der Waals surface area contributed by atoms with Gasteiger partial charge in [0.25, 0.3) is 0 Å². The molecule has 0 saturated heterocycles. The normalized spacial score (nSPS) is 12.4. The van der Waals surface area contributed by atoms with Crippen molar-refractivity contribution in [3.8, 4) is 0 Å². The van der Waals surface area contributed by atoms with Gasteiger partial charge in [0.15, 0.2) is 0 Å². The van der Waals surface area contributed by atoms with Crippen molar-refractivity contribution < 1.29 is 4.79 Å². The SMILES string of the molecule is CC(C)=CCC[C@@H](C)C/C=N\NC(=O)Cc1nc(C)cs1. The Labute approximate surface area is 131 Å². The van der Waals surface area contributed by atoms with E-state index in [2.05, 4.69) is 42.4 Å². The number of aromatic nitrogens is 1. The molecule has 0 aliphatic rings. The van der Waals surface area contributed by atoms with E-state index in [0.29, 0.717) is 12.3 Å². The molecule has 0 aliphatic carbocycles. The highest BCUT2D eigenvalue weighted by Gasteiger charge is 2.05. The van der Waals surface area contributed by atoms with E-state index in [1.165, 1.54) is 16.9 Å². The molecule has 0 unspecified atom stereocenters. The van der Waals surface area contributed by atoms with E-state index in [0.717, 1.165) is 30.0 Å². The van der Waals surface area contributed by atoms with Crippen molar-refractivity contribution in [1.82, 2.24) is 10.4 Å². The van der Waals surface area contributed by atoms with Crippen molar-refractivity contribution in [3.63, 3.8) is 0 Å². The first kappa shape index (κ1) is 17.6. The quantitative estimate of drug-likeness (QED) is 0.450. The summed E-state index contributed by atoms with van der Waals surface area (Å²) in [5, 5.41) is 6.77. The van der Waals surface area contributed by atoms with E-state index in [1.54, 1.807) is 6.21 Å². The van der Waals surface area contributed by atoms with Crippen LogP contribution in [0.3, 0.4) is 0 Å². The highest BCUT2D eigenvalue weighted by Crippen LogP contribution is 2.10. The second kappa shape index (κ2) is 9.45. The Balaban J connectivity index is 2.18. The zero-order valence-corrected chi connectivity index (χ0v) is 14.2. The Bertz CT molecular complexity index is 501. The molecule has 5 heteroatoms. The van der Waals surface area contributed by atoms with Crippen LogP contribution in [0, 0.1) is 12.8 Å². The lowest BCUT2D eigenvalue weighted by Crippen LogP contribution is -2.19. The van der Waals surface area contributed by atoms with Gasteiger partial charge in [-0.15, -0.1) is 11.3 Å². The summed E-state index contributed by atoms with van der Waals surface area (Å²) in [5.74, 6) is 0.459. The molecule has 1 aromatic rings. The maximum Gasteiger partial charge on any atom is 0.246 e. The lowest BCUT2D eigenvalue weighted by atomic mass is 10.0. The topological polar surface area (TPSA) is 54.4 Å². The van der Waals surface area contributed by atoms with Gasteiger partial charge in [-0.1, -0.05) is 18.6 Å². The molecule has 1 rings (SSSR count). The molecule has 1 aromatic heterocycles. The zero-order chi connectivity index (χ0) is 15.7. The predicted molar refractivity (Wildman–Crippen MR) is 89.6 cm³/mol. The number of carbonyl (C=O) groups excluding carboxylic acids is 1. The van der Waals surface area contributed by atoms with Crippen LogP contribution in [0.4, 0.5) is 0 Å². The average Bonchev–Trinajstić information content (AvgIpc) is 2.79. The van der Waals surface area contributed by atoms with Gasteiger partial charge in [-0.05, 0) is 46.0 Å². The molecule has 0 fully saturated rings. The Morgan fingerprint density at radius 3 is 2.90 bits per heavy atom. The summed E-state index contributed by atoms with van der Waals surface area (Å²) < 4.78 is 0. The van der Waals surface area contributed by atoms with Gasteiger partial charge in [-0.3, -0.25) is 4.79 Å². The smallest absolute Gasteiger partial charge is 0.246 e. The van der Waals surface area contributed by atoms with Gasteiger partial charge in [-0.2, -0.15) is 5.10 Å². The number of thiazole rings is 1. The van der Waals surface area contributed by atoms with Crippen LogP contribution >= 0.6 is 11.3 Å². The predicted octanol–water partition coefficient (Wildman–Crippen LogP) is 3.87. The number of carbonyl (C=O) groups is 1. The molecule has 0 spiro atoms. The average molecular weight is 307 g/mol. The van der Waals surface area contributed by atoms with Crippen LogP contribution in [-0.2, 0) is 11.2 Å². The molecule has 1 atom stereocenters. The number of aryl methyl sites for hydroxylation is 1. The fraction of sp³-hybridized carbons (Fsp3) is 0.562. The van der Waals surface area contributed by atoms with Crippen molar-refractivity contribution in [2.24, 2.45) is 11.0 Å². The number of nitrogens with zero attached hydrogens (tertiary/aromatic N) is 2. The largest absolute Gasteiger partial charge is 0.273 e. The van der Waals surface area contributed by atoms with Crippen molar-refractivity contribution in [1.29, 1.82) is 0 Å². The molecule has 116 valence electrons. The number of amides is 1. The monoisotopic (exact) mass is 307 g/mol. The van der Waals surface area contributed by atoms with Crippen LogP contribution in [0.5, 0.6) is 0 Å². The van der Waals surface area contributed by atoms with Gasteiger partial charge < -0.3 is 0 Å².